The molecule has 0 aromatic heterocycles. The number of rotatable bonds is 6. The molecule has 84 valence electrons. The summed E-state index contributed by atoms with van der Waals surface area (Å²) in [7, 11) is -3.47. The number of hydrogen-bond acceptors (Lipinski definition) is 2. The molecule has 0 aromatic rings. The fourth-order valence-corrected chi connectivity index (χ4v) is 8.86. The van der Waals surface area contributed by atoms with E-state index in [9.17, 15) is 0 Å². The van der Waals surface area contributed by atoms with E-state index in [1.165, 1.54) is 4.82 Å². The molecule has 0 atom stereocenters. The number of hydrogen-bond donors (Lipinski definition) is 0. The first-order valence-electron chi connectivity index (χ1n) is 5.25. The molecule has 0 aliphatic heterocycles. The van der Waals surface area contributed by atoms with E-state index >= 15 is 0 Å². The Bertz CT molecular complexity index is 191. The Morgan fingerprint density at radius 2 is 1.36 bits per heavy atom. The van der Waals surface area contributed by atoms with Gasteiger partial charge in [0.25, 0.3) is 0 Å². The topological polar surface area (TPSA) is 18.5 Å². The van der Waals surface area contributed by atoms with Gasteiger partial charge in [0, 0.05) is 13.2 Å². The van der Waals surface area contributed by atoms with E-state index in [1.807, 2.05) is 13.8 Å². The molecule has 0 aliphatic carbocycles. The molecule has 0 saturated carbocycles. The Morgan fingerprint density at radius 1 is 1.00 bits per heavy atom. The molecule has 0 spiro atoms. The van der Waals surface area contributed by atoms with Crippen LogP contribution in [-0.2, 0) is 8.85 Å². The molecular weight excluding hydrogens is 208 g/mol. The highest BCUT2D eigenvalue weighted by molar-refractivity contribution is 7.00. The monoisotopic (exact) mass is 232 g/mol. The Labute approximate surface area is 90.6 Å². The fourth-order valence-electron chi connectivity index (χ4n) is 1.45. The first-order chi connectivity index (χ1) is 6.28. The van der Waals surface area contributed by atoms with Gasteiger partial charge in [0.05, 0.1) is 8.07 Å². The SMILES string of the molecule is C=C([Si](C)(C)C)[Si](C)(OCC)OCC. The van der Waals surface area contributed by atoms with Crippen LogP contribution in [-0.4, -0.2) is 29.8 Å². The van der Waals surface area contributed by atoms with Gasteiger partial charge in [0.2, 0.25) is 0 Å². The highest BCUT2D eigenvalue weighted by atomic mass is 28.4. The van der Waals surface area contributed by atoms with Crippen LogP contribution in [0, 0.1) is 0 Å². The molecule has 4 heteroatoms. The summed E-state index contributed by atoms with van der Waals surface area (Å²) in [6.07, 6.45) is 0. The zero-order valence-corrected chi connectivity index (χ0v) is 12.4. The molecule has 0 heterocycles. The normalized spacial score (nSPS) is 13.0. The van der Waals surface area contributed by atoms with Crippen LogP contribution in [0.15, 0.2) is 11.4 Å². The van der Waals surface area contributed by atoms with Crippen molar-refractivity contribution in [3.63, 3.8) is 0 Å². The van der Waals surface area contributed by atoms with E-state index in [2.05, 4.69) is 32.8 Å². The van der Waals surface area contributed by atoms with Crippen LogP contribution in [0.4, 0.5) is 0 Å². The average Bonchev–Trinajstić information content (AvgIpc) is 2.02. The van der Waals surface area contributed by atoms with Crippen LogP contribution in [0.1, 0.15) is 13.8 Å². The average molecular weight is 232 g/mol. The molecule has 0 bridgehead atoms. The molecule has 0 radical (unpaired) electrons. The molecule has 0 fully saturated rings. The van der Waals surface area contributed by atoms with Crippen LogP contribution >= 0.6 is 0 Å². The van der Waals surface area contributed by atoms with Crippen LogP contribution in [0.5, 0.6) is 0 Å². The van der Waals surface area contributed by atoms with Crippen molar-refractivity contribution in [2.45, 2.75) is 40.0 Å². The lowest BCUT2D eigenvalue weighted by molar-refractivity contribution is 0.199. The molecule has 0 rings (SSSR count). The minimum Gasteiger partial charge on any atom is -0.392 e. The molecule has 0 aromatic carbocycles. The van der Waals surface area contributed by atoms with Gasteiger partial charge in [-0.1, -0.05) is 19.6 Å². The Hall–Kier alpha value is 0.0938. The Balaban J connectivity index is 4.72. The third-order valence-electron chi connectivity index (χ3n) is 2.29. The Kier molecular flexibility index (Phi) is 5.29. The van der Waals surface area contributed by atoms with Crippen molar-refractivity contribution in [2.24, 2.45) is 0 Å². The van der Waals surface area contributed by atoms with Crippen LogP contribution in [0.25, 0.3) is 0 Å². The third-order valence-corrected chi connectivity index (χ3v) is 10.5. The highest BCUT2D eigenvalue weighted by Gasteiger charge is 2.40. The van der Waals surface area contributed by atoms with Gasteiger partial charge in [0.1, 0.15) is 0 Å². The maximum Gasteiger partial charge on any atom is 0.360 e. The molecule has 14 heavy (non-hydrogen) atoms. The van der Waals surface area contributed by atoms with E-state index in [1.54, 1.807) is 0 Å². The summed E-state index contributed by atoms with van der Waals surface area (Å²) in [6.45, 7) is 18.7. The highest BCUT2D eigenvalue weighted by Crippen LogP contribution is 2.25. The summed E-state index contributed by atoms with van der Waals surface area (Å²) in [6, 6.07) is 0. The molecule has 0 N–H and O–H groups in total. The van der Waals surface area contributed by atoms with Gasteiger partial charge in [-0.15, -0.1) is 6.58 Å². The fraction of sp³-hybridized carbons (Fsp3) is 0.800. The molecule has 2 nitrogen and oxygen atoms in total. The lowest BCUT2D eigenvalue weighted by atomic mass is 10.9. The van der Waals surface area contributed by atoms with Gasteiger partial charge >= 0.3 is 8.56 Å². The lowest BCUT2D eigenvalue weighted by Crippen LogP contribution is -2.49. The maximum atomic E-state index is 5.81. The zero-order valence-electron chi connectivity index (χ0n) is 10.4. The minimum absolute atomic E-state index is 0.715. The summed E-state index contributed by atoms with van der Waals surface area (Å²) in [4.78, 5) is 1.26. The largest absolute Gasteiger partial charge is 0.392 e. The lowest BCUT2D eigenvalue weighted by Gasteiger charge is -2.34. The van der Waals surface area contributed by atoms with E-state index in [-0.39, 0.29) is 0 Å². The van der Waals surface area contributed by atoms with E-state index in [0.29, 0.717) is 13.2 Å². The van der Waals surface area contributed by atoms with E-state index in [4.69, 9.17) is 8.85 Å². The Morgan fingerprint density at radius 3 is 1.57 bits per heavy atom. The summed E-state index contributed by atoms with van der Waals surface area (Å²) in [5.74, 6) is 0. The van der Waals surface area contributed by atoms with Crippen molar-refractivity contribution in [2.75, 3.05) is 13.2 Å². The minimum atomic E-state index is -2.12. The first-order valence-corrected chi connectivity index (χ1v) is 11.1. The second kappa shape index (κ2) is 5.25. The van der Waals surface area contributed by atoms with Gasteiger partial charge in [-0.3, -0.25) is 0 Å². The first kappa shape index (κ1) is 14.1. The molecule has 0 amide bonds. The zero-order chi connectivity index (χ0) is 11.4. The summed E-state index contributed by atoms with van der Waals surface area (Å²) in [5.41, 5.74) is 0. The van der Waals surface area contributed by atoms with Gasteiger partial charge in [0.15, 0.2) is 0 Å². The van der Waals surface area contributed by atoms with E-state index < -0.39 is 16.6 Å². The van der Waals surface area contributed by atoms with Gasteiger partial charge in [-0.05, 0) is 25.2 Å². The van der Waals surface area contributed by atoms with Crippen molar-refractivity contribution < 1.29 is 8.85 Å². The van der Waals surface area contributed by atoms with Crippen molar-refractivity contribution in [1.29, 1.82) is 0 Å². The van der Waals surface area contributed by atoms with Gasteiger partial charge in [-0.25, -0.2) is 0 Å². The van der Waals surface area contributed by atoms with Gasteiger partial charge in [-0.2, -0.15) is 0 Å². The summed E-state index contributed by atoms with van der Waals surface area (Å²) < 4.78 is 11.6. The predicted octanol–water partition coefficient (Wildman–Crippen LogP) is 3.10. The van der Waals surface area contributed by atoms with Crippen molar-refractivity contribution in [3.8, 4) is 0 Å². The third kappa shape index (κ3) is 3.69. The smallest absolute Gasteiger partial charge is 0.360 e. The van der Waals surface area contributed by atoms with Crippen LogP contribution in [0.3, 0.4) is 0 Å². The van der Waals surface area contributed by atoms with Crippen molar-refractivity contribution in [3.05, 3.63) is 11.4 Å². The van der Waals surface area contributed by atoms with Gasteiger partial charge < -0.3 is 8.85 Å². The quantitative estimate of drug-likeness (QED) is 0.655. The van der Waals surface area contributed by atoms with E-state index in [0.717, 1.165) is 0 Å². The molecule has 0 aliphatic rings. The van der Waals surface area contributed by atoms with Crippen molar-refractivity contribution >= 4 is 16.6 Å². The molecule has 0 unspecified atom stereocenters. The molecular formula is C10H24O2Si2. The summed E-state index contributed by atoms with van der Waals surface area (Å²) >= 11 is 0. The van der Waals surface area contributed by atoms with Crippen LogP contribution in [0.2, 0.25) is 26.2 Å². The second-order valence-corrected chi connectivity index (χ2v) is 13.2. The summed E-state index contributed by atoms with van der Waals surface area (Å²) in [5, 5.41) is 0. The second-order valence-electron chi connectivity index (χ2n) is 4.54. The predicted molar refractivity (Wildman–Crippen MR) is 67.4 cm³/mol. The van der Waals surface area contributed by atoms with Crippen LogP contribution < -0.4 is 0 Å². The van der Waals surface area contributed by atoms with Crippen molar-refractivity contribution in [1.82, 2.24) is 0 Å². The standard InChI is InChI=1S/C10H24O2Si2/c1-8-11-14(7,12-9-2)10(3)13(4,5)6/h3,8-9H2,1-2,4-7H3. The molecule has 0 saturated heterocycles. The maximum absolute atomic E-state index is 5.81.